The number of hydrogen-bond acceptors (Lipinski definition) is 5. The molecule has 18 heavy (non-hydrogen) atoms. The van der Waals surface area contributed by atoms with Crippen molar-refractivity contribution in [2.45, 2.75) is 12.5 Å². The zero-order chi connectivity index (χ0) is 13.4. The van der Waals surface area contributed by atoms with Gasteiger partial charge < -0.3 is 25.8 Å². The molecule has 0 saturated carbocycles. The molecule has 7 nitrogen and oxygen atoms in total. The Balaban J connectivity index is 2.09. The van der Waals surface area contributed by atoms with Crippen molar-refractivity contribution in [3.63, 3.8) is 0 Å². The Bertz CT molecular complexity index is 285. The van der Waals surface area contributed by atoms with E-state index in [1.54, 1.807) is 7.11 Å². The van der Waals surface area contributed by atoms with Gasteiger partial charge in [0, 0.05) is 32.7 Å². The molecule has 1 saturated heterocycles. The average molecular weight is 259 g/mol. The summed E-state index contributed by atoms with van der Waals surface area (Å²) in [6.07, 6.45) is 0.248. The van der Waals surface area contributed by atoms with Gasteiger partial charge in [0.1, 0.15) is 0 Å². The van der Waals surface area contributed by atoms with Gasteiger partial charge in [0.2, 0.25) is 11.8 Å². The maximum absolute atomic E-state index is 11.7. The monoisotopic (exact) mass is 259 g/mol. The second-order valence-corrected chi connectivity index (χ2v) is 4.19. The Morgan fingerprint density at radius 1 is 1.33 bits per heavy atom. The molecule has 2 atom stereocenters. The summed E-state index contributed by atoms with van der Waals surface area (Å²) in [5.74, 6) is -0.564. The highest BCUT2D eigenvalue weighted by Crippen LogP contribution is 2.11. The van der Waals surface area contributed by atoms with Gasteiger partial charge in [0.05, 0.1) is 25.7 Å². The number of rotatable bonds is 7. The van der Waals surface area contributed by atoms with E-state index in [0.29, 0.717) is 32.9 Å². The van der Waals surface area contributed by atoms with Gasteiger partial charge in [0.15, 0.2) is 0 Å². The molecular formula is C11H21N3O4. The Labute approximate surface area is 106 Å². The lowest BCUT2D eigenvalue weighted by molar-refractivity contribution is -0.125. The molecular weight excluding hydrogens is 238 g/mol. The van der Waals surface area contributed by atoms with E-state index in [1.165, 1.54) is 0 Å². The van der Waals surface area contributed by atoms with Crippen LogP contribution in [0.15, 0.2) is 0 Å². The topological polar surface area (TPSA) is 103 Å². The molecule has 1 aliphatic heterocycles. The molecule has 0 radical (unpaired) electrons. The van der Waals surface area contributed by atoms with Crippen LogP contribution in [0.2, 0.25) is 0 Å². The number of ether oxygens (including phenoxy) is 2. The molecule has 4 N–H and O–H groups in total. The standard InChI is InChI=1S/C11H21N3O4/c1-17-5-4-13-10(15)2-3-14-11(16)8-6-18-7-9(8)12/h8-9H,2-7,12H2,1H3,(H,13,15)(H,14,16). The number of nitrogens with two attached hydrogens (primary N) is 1. The first-order valence-electron chi connectivity index (χ1n) is 6.02. The molecule has 0 aromatic carbocycles. The number of nitrogens with one attached hydrogen (secondary N) is 2. The first-order valence-corrected chi connectivity index (χ1v) is 6.02. The average Bonchev–Trinajstić information content (AvgIpc) is 2.76. The largest absolute Gasteiger partial charge is 0.383 e. The highest BCUT2D eigenvalue weighted by atomic mass is 16.5. The Morgan fingerprint density at radius 3 is 2.72 bits per heavy atom. The Morgan fingerprint density at radius 2 is 2.11 bits per heavy atom. The van der Waals surface area contributed by atoms with Gasteiger partial charge in [-0.15, -0.1) is 0 Å². The number of carbonyl (C=O) groups excluding carboxylic acids is 2. The molecule has 2 unspecified atom stereocenters. The highest BCUT2D eigenvalue weighted by Gasteiger charge is 2.30. The number of amides is 2. The van der Waals surface area contributed by atoms with Gasteiger partial charge in [0.25, 0.3) is 0 Å². The van der Waals surface area contributed by atoms with Crippen LogP contribution in [0.5, 0.6) is 0 Å². The summed E-state index contributed by atoms with van der Waals surface area (Å²) in [6, 6.07) is -0.250. The molecule has 7 heteroatoms. The molecule has 2 amide bonds. The molecule has 0 aliphatic carbocycles. The van der Waals surface area contributed by atoms with E-state index in [4.69, 9.17) is 15.2 Å². The first-order chi connectivity index (χ1) is 8.65. The molecule has 0 bridgehead atoms. The molecule has 0 aromatic heterocycles. The predicted octanol–water partition coefficient (Wildman–Crippen LogP) is -1.77. The van der Waals surface area contributed by atoms with Crippen molar-refractivity contribution in [2.24, 2.45) is 11.7 Å². The van der Waals surface area contributed by atoms with Crippen molar-refractivity contribution >= 4 is 11.8 Å². The van der Waals surface area contributed by atoms with Gasteiger partial charge >= 0.3 is 0 Å². The third kappa shape index (κ3) is 4.99. The van der Waals surface area contributed by atoms with E-state index < -0.39 is 0 Å². The summed E-state index contributed by atoms with van der Waals surface area (Å²) in [6.45, 7) is 2.03. The van der Waals surface area contributed by atoms with Gasteiger partial charge in [-0.25, -0.2) is 0 Å². The van der Waals surface area contributed by atoms with Crippen molar-refractivity contribution in [1.29, 1.82) is 0 Å². The summed E-state index contributed by atoms with van der Waals surface area (Å²) in [5.41, 5.74) is 5.71. The lowest BCUT2D eigenvalue weighted by Crippen LogP contribution is -2.42. The molecule has 1 aliphatic rings. The summed E-state index contributed by atoms with van der Waals surface area (Å²) < 4.78 is 9.91. The van der Waals surface area contributed by atoms with Crippen molar-refractivity contribution in [1.82, 2.24) is 10.6 Å². The third-order valence-corrected chi connectivity index (χ3v) is 2.74. The van der Waals surface area contributed by atoms with Crippen LogP contribution in [-0.2, 0) is 19.1 Å². The number of carbonyl (C=O) groups is 2. The third-order valence-electron chi connectivity index (χ3n) is 2.74. The SMILES string of the molecule is COCCNC(=O)CCNC(=O)C1COCC1N. The molecule has 0 spiro atoms. The summed E-state index contributed by atoms with van der Waals surface area (Å²) in [7, 11) is 1.57. The second-order valence-electron chi connectivity index (χ2n) is 4.19. The summed E-state index contributed by atoms with van der Waals surface area (Å²) in [4.78, 5) is 23.0. The normalized spacial score (nSPS) is 22.8. The van der Waals surface area contributed by atoms with E-state index >= 15 is 0 Å². The van der Waals surface area contributed by atoms with Gasteiger partial charge in [-0.05, 0) is 0 Å². The van der Waals surface area contributed by atoms with Crippen LogP contribution in [0.1, 0.15) is 6.42 Å². The quantitative estimate of drug-likeness (QED) is 0.469. The fourth-order valence-electron chi connectivity index (χ4n) is 1.65. The lowest BCUT2D eigenvalue weighted by Gasteiger charge is -2.13. The maximum Gasteiger partial charge on any atom is 0.227 e. The van der Waals surface area contributed by atoms with Gasteiger partial charge in [-0.1, -0.05) is 0 Å². The van der Waals surface area contributed by atoms with E-state index in [0.717, 1.165) is 0 Å². The van der Waals surface area contributed by atoms with Crippen LogP contribution in [0.4, 0.5) is 0 Å². The molecule has 1 heterocycles. The van der Waals surface area contributed by atoms with Crippen molar-refractivity contribution in [3.05, 3.63) is 0 Å². The van der Waals surface area contributed by atoms with Gasteiger partial charge in [-0.3, -0.25) is 9.59 Å². The second kappa shape index (κ2) is 8.02. The van der Waals surface area contributed by atoms with Crippen molar-refractivity contribution in [3.8, 4) is 0 Å². The van der Waals surface area contributed by atoms with Crippen LogP contribution < -0.4 is 16.4 Å². The highest BCUT2D eigenvalue weighted by molar-refractivity contribution is 5.81. The zero-order valence-electron chi connectivity index (χ0n) is 10.6. The Hall–Kier alpha value is -1.18. The first kappa shape index (κ1) is 14.9. The summed E-state index contributed by atoms with van der Waals surface area (Å²) in [5, 5.41) is 5.36. The number of methoxy groups -OCH3 is 1. The zero-order valence-corrected chi connectivity index (χ0v) is 10.6. The van der Waals surface area contributed by atoms with Crippen LogP contribution in [0.25, 0.3) is 0 Å². The lowest BCUT2D eigenvalue weighted by atomic mass is 10.0. The molecule has 0 aromatic rings. The Kier molecular flexibility index (Phi) is 6.63. The van der Waals surface area contributed by atoms with Crippen LogP contribution >= 0.6 is 0 Å². The molecule has 1 fully saturated rings. The predicted molar refractivity (Wildman–Crippen MR) is 64.8 cm³/mol. The van der Waals surface area contributed by atoms with Crippen molar-refractivity contribution in [2.75, 3.05) is 40.0 Å². The maximum atomic E-state index is 11.7. The van der Waals surface area contributed by atoms with Crippen molar-refractivity contribution < 1.29 is 19.1 Å². The van der Waals surface area contributed by atoms with Crippen LogP contribution in [0.3, 0.4) is 0 Å². The van der Waals surface area contributed by atoms with E-state index in [1.807, 2.05) is 0 Å². The smallest absolute Gasteiger partial charge is 0.227 e. The summed E-state index contributed by atoms with van der Waals surface area (Å²) >= 11 is 0. The fourth-order valence-corrected chi connectivity index (χ4v) is 1.65. The number of hydrogen-bond donors (Lipinski definition) is 3. The molecule has 1 rings (SSSR count). The minimum Gasteiger partial charge on any atom is -0.383 e. The van der Waals surface area contributed by atoms with E-state index in [2.05, 4.69) is 10.6 Å². The minimum atomic E-state index is -0.304. The van der Waals surface area contributed by atoms with E-state index in [-0.39, 0.29) is 30.2 Å². The van der Waals surface area contributed by atoms with E-state index in [9.17, 15) is 9.59 Å². The van der Waals surface area contributed by atoms with Crippen LogP contribution in [0, 0.1) is 5.92 Å². The van der Waals surface area contributed by atoms with Crippen LogP contribution in [-0.4, -0.2) is 57.9 Å². The minimum absolute atomic E-state index is 0.112. The van der Waals surface area contributed by atoms with Gasteiger partial charge in [-0.2, -0.15) is 0 Å². The molecule has 104 valence electrons. The fraction of sp³-hybridized carbons (Fsp3) is 0.818.